The number of anilines is 2. The van der Waals surface area contributed by atoms with Crippen LogP contribution in [0.3, 0.4) is 0 Å². The number of allylic oxidation sites excluding steroid dienone is 1. The topological polar surface area (TPSA) is 208 Å². The minimum absolute atomic E-state index is 0.117. The molecule has 0 aliphatic heterocycles. The van der Waals surface area contributed by atoms with Crippen molar-refractivity contribution in [2.75, 3.05) is 9.80 Å². The van der Waals surface area contributed by atoms with E-state index in [1.807, 2.05) is 0 Å². The lowest BCUT2D eigenvalue weighted by Gasteiger charge is -2.30. The largest absolute Gasteiger partial charge is 0.443 e. The summed E-state index contributed by atoms with van der Waals surface area (Å²) >= 11 is 0. The Bertz CT molecular complexity index is 1820. The van der Waals surface area contributed by atoms with Crippen molar-refractivity contribution in [1.82, 2.24) is 19.1 Å². The molecule has 0 unspecified atom stereocenters. The number of carbonyl (C=O) groups is 5. The second-order valence-electron chi connectivity index (χ2n) is 16.4. The number of hydrogen-bond acceptors (Lipinski definition) is 14. The van der Waals surface area contributed by atoms with Crippen LogP contribution in [0.1, 0.15) is 104 Å². The fourth-order valence-corrected chi connectivity index (χ4v) is 3.96. The van der Waals surface area contributed by atoms with Crippen LogP contribution < -0.4 is 21.0 Å². The first kappa shape index (κ1) is 42.9. The third-order valence-electron chi connectivity index (χ3n) is 5.56. The first-order valence-corrected chi connectivity index (χ1v) is 16.2. The molecule has 0 N–H and O–H groups in total. The van der Waals surface area contributed by atoms with Gasteiger partial charge >= 0.3 is 36.2 Å². The lowest BCUT2D eigenvalue weighted by Crippen LogP contribution is -2.49. The zero-order valence-electron chi connectivity index (χ0n) is 32.6. The summed E-state index contributed by atoms with van der Waals surface area (Å²) in [5.41, 5.74) is -9.44. The molecule has 2 rings (SSSR count). The van der Waals surface area contributed by atoms with Crippen LogP contribution in [-0.2, 0) is 30.2 Å². The van der Waals surface area contributed by atoms with Crippen LogP contribution >= 0.6 is 0 Å². The number of carbonyl (C=O) groups excluding carboxylic acids is 5. The second-order valence-corrected chi connectivity index (χ2v) is 16.4. The molecule has 18 heteroatoms. The quantitative estimate of drug-likeness (QED) is 0.250. The molecule has 2 heterocycles. The molecule has 0 fully saturated rings. The normalized spacial score (nSPS) is 12.4. The van der Waals surface area contributed by atoms with Gasteiger partial charge in [0.05, 0.1) is 0 Å². The summed E-state index contributed by atoms with van der Waals surface area (Å²) in [6, 6.07) is 0. The standard InChI is InChI=1S/C34H50N6O12/c1-17-18-37-20-19(22(41)39(24(37)42)27(45)50-32(8,9)10)21(38(25(43)48-30(2,3)4)26(44)49-31(5,6)7)36-23(35-20)40(28(46)51-33(11,12)13)29(47)52-34(14,15)16/h17H,1,18H2,2-16H3. The summed E-state index contributed by atoms with van der Waals surface area (Å²) in [6.45, 7) is 25.7. The number of ether oxygens (including phenoxy) is 5. The predicted molar refractivity (Wildman–Crippen MR) is 190 cm³/mol. The summed E-state index contributed by atoms with van der Waals surface area (Å²) in [6.07, 6.45) is -5.80. The molecule has 0 bridgehead atoms. The molecule has 0 aliphatic carbocycles. The molecule has 0 radical (unpaired) electrons. The van der Waals surface area contributed by atoms with Gasteiger partial charge in [0.15, 0.2) is 11.5 Å². The molecule has 2 aromatic heterocycles. The van der Waals surface area contributed by atoms with Crippen molar-refractivity contribution in [2.24, 2.45) is 0 Å². The monoisotopic (exact) mass is 734 g/mol. The third-order valence-corrected chi connectivity index (χ3v) is 5.56. The molecule has 0 aromatic carbocycles. The van der Waals surface area contributed by atoms with Gasteiger partial charge in [0, 0.05) is 6.54 Å². The van der Waals surface area contributed by atoms with Crippen LogP contribution in [-0.4, -0.2) is 77.6 Å². The fourth-order valence-electron chi connectivity index (χ4n) is 3.96. The molecule has 0 atom stereocenters. The first-order chi connectivity index (χ1) is 23.3. The minimum atomic E-state index is -1.44. The van der Waals surface area contributed by atoms with E-state index >= 15 is 0 Å². The van der Waals surface area contributed by atoms with E-state index in [4.69, 9.17) is 23.7 Å². The second kappa shape index (κ2) is 14.7. The highest BCUT2D eigenvalue weighted by atomic mass is 16.6. The van der Waals surface area contributed by atoms with Crippen LogP contribution in [0.5, 0.6) is 0 Å². The number of nitrogens with zero attached hydrogens (tertiary/aromatic N) is 6. The summed E-state index contributed by atoms with van der Waals surface area (Å²) in [5.74, 6) is -1.85. The zero-order valence-corrected chi connectivity index (χ0v) is 32.6. The first-order valence-electron chi connectivity index (χ1n) is 16.2. The van der Waals surface area contributed by atoms with Gasteiger partial charge in [-0.2, -0.15) is 19.4 Å². The number of aromatic nitrogens is 4. The highest BCUT2D eigenvalue weighted by molar-refractivity contribution is 6.14. The molecule has 0 spiro atoms. The van der Waals surface area contributed by atoms with Gasteiger partial charge in [-0.25, -0.2) is 28.8 Å². The molecular weight excluding hydrogens is 684 g/mol. The Balaban J connectivity index is 3.41. The molecular formula is C34H50N6O12. The Labute approximate surface area is 301 Å². The Hall–Kier alpha value is -5.29. The number of imide groups is 2. The summed E-state index contributed by atoms with van der Waals surface area (Å²) in [5, 5.41) is -0.791. The highest BCUT2D eigenvalue weighted by Gasteiger charge is 2.41. The third kappa shape index (κ3) is 11.4. The highest BCUT2D eigenvalue weighted by Crippen LogP contribution is 2.29. The van der Waals surface area contributed by atoms with Crippen LogP contribution in [0.2, 0.25) is 0 Å². The van der Waals surface area contributed by atoms with Gasteiger partial charge in [-0.3, -0.25) is 9.36 Å². The summed E-state index contributed by atoms with van der Waals surface area (Å²) in [7, 11) is 0. The van der Waals surface area contributed by atoms with E-state index in [2.05, 4.69) is 16.5 Å². The zero-order chi connectivity index (χ0) is 40.5. The molecule has 2 aromatic rings. The molecule has 4 amide bonds. The van der Waals surface area contributed by atoms with Crippen LogP contribution in [0.4, 0.5) is 35.7 Å². The van der Waals surface area contributed by atoms with Gasteiger partial charge in [0.1, 0.15) is 33.4 Å². The lowest BCUT2D eigenvalue weighted by molar-refractivity contribution is 0.0411. The van der Waals surface area contributed by atoms with E-state index < -0.39 is 99.1 Å². The van der Waals surface area contributed by atoms with Crippen molar-refractivity contribution in [1.29, 1.82) is 0 Å². The Morgan fingerprint density at radius 2 is 0.981 bits per heavy atom. The van der Waals surface area contributed by atoms with Crippen molar-refractivity contribution >= 4 is 53.3 Å². The maximum Gasteiger partial charge on any atom is 0.427 e. The van der Waals surface area contributed by atoms with Crippen LogP contribution in [0.15, 0.2) is 22.2 Å². The average molecular weight is 735 g/mol. The Kier molecular flexibility index (Phi) is 12.2. The predicted octanol–water partition coefficient (Wildman–Crippen LogP) is 6.28. The Morgan fingerprint density at radius 1 is 0.615 bits per heavy atom. The van der Waals surface area contributed by atoms with Crippen molar-refractivity contribution < 1.29 is 47.7 Å². The molecule has 0 aliphatic rings. The SMILES string of the molecule is C=CCn1c(=O)n(C(=O)OC(C)(C)C)c(=O)c2c(N(C(=O)OC(C)(C)C)C(=O)OC(C)(C)C)nc(N(C(=O)OC(C)(C)C)C(=O)OC(C)(C)C)nc21. The maximum atomic E-state index is 14.3. The summed E-state index contributed by atoms with van der Waals surface area (Å²) < 4.78 is 28.1. The number of rotatable bonds is 4. The number of amides is 4. The average Bonchev–Trinajstić information content (AvgIpc) is 2.85. The molecule has 52 heavy (non-hydrogen) atoms. The van der Waals surface area contributed by atoms with Gasteiger partial charge in [-0.15, -0.1) is 11.5 Å². The summed E-state index contributed by atoms with van der Waals surface area (Å²) in [4.78, 5) is 106. The minimum Gasteiger partial charge on any atom is -0.443 e. The van der Waals surface area contributed by atoms with E-state index in [0.717, 1.165) is 4.57 Å². The lowest BCUT2D eigenvalue weighted by atomic mass is 10.2. The van der Waals surface area contributed by atoms with E-state index in [9.17, 15) is 33.6 Å². The van der Waals surface area contributed by atoms with Gasteiger partial charge in [-0.05, 0) is 104 Å². The van der Waals surface area contributed by atoms with Crippen LogP contribution in [0.25, 0.3) is 11.0 Å². The van der Waals surface area contributed by atoms with E-state index in [-0.39, 0.29) is 14.4 Å². The fraction of sp³-hybridized carbons (Fsp3) is 0.618. The van der Waals surface area contributed by atoms with E-state index in [0.29, 0.717) is 0 Å². The van der Waals surface area contributed by atoms with E-state index in [1.54, 1.807) is 0 Å². The number of hydrogen-bond donors (Lipinski definition) is 0. The van der Waals surface area contributed by atoms with Crippen LogP contribution in [0, 0.1) is 0 Å². The van der Waals surface area contributed by atoms with Crippen molar-refractivity contribution in [3.05, 3.63) is 33.5 Å². The smallest absolute Gasteiger partial charge is 0.427 e. The van der Waals surface area contributed by atoms with Gasteiger partial charge in [0.25, 0.3) is 5.56 Å². The van der Waals surface area contributed by atoms with Gasteiger partial charge in [-0.1, -0.05) is 6.08 Å². The molecule has 18 nitrogen and oxygen atoms in total. The number of fused-ring (bicyclic) bond motifs is 1. The Morgan fingerprint density at radius 3 is 1.33 bits per heavy atom. The van der Waals surface area contributed by atoms with Crippen molar-refractivity contribution in [3.8, 4) is 0 Å². The molecule has 288 valence electrons. The van der Waals surface area contributed by atoms with Crippen molar-refractivity contribution in [2.45, 2.75) is 138 Å². The van der Waals surface area contributed by atoms with Crippen molar-refractivity contribution in [3.63, 3.8) is 0 Å². The molecule has 0 saturated carbocycles. The van der Waals surface area contributed by atoms with Gasteiger partial charge < -0.3 is 23.7 Å². The molecule has 0 saturated heterocycles. The van der Waals surface area contributed by atoms with Gasteiger partial charge in [0.2, 0.25) is 5.95 Å². The van der Waals surface area contributed by atoms with E-state index in [1.165, 1.54) is 110 Å². The maximum absolute atomic E-state index is 14.3.